The third-order valence-electron chi connectivity index (χ3n) is 4.60. The fourth-order valence-corrected chi connectivity index (χ4v) is 3.29. The van der Waals surface area contributed by atoms with Crippen molar-refractivity contribution in [1.29, 1.82) is 0 Å². The summed E-state index contributed by atoms with van der Waals surface area (Å²) in [4.78, 5) is 0. The zero-order valence-electron chi connectivity index (χ0n) is 15.8. The maximum absolute atomic E-state index is 12.8. The van der Waals surface area contributed by atoms with E-state index in [9.17, 15) is 18.3 Å². The SMILES string of the molecule is CC(C)C[C@@H](Cc1ccccc1)[C@@H](O)CNCc1cccc(C(F)(F)F)c1. The van der Waals surface area contributed by atoms with E-state index < -0.39 is 17.8 Å². The summed E-state index contributed by atoms with van der Waals surface area (Å²) in [6, 6.07) is 15.3. The van der Waals surface area contributed by atoms with Gasteiger partial charge in [0.15, 0.2) is 0 Å². The first kappa shape index (κ1) is 21.5. The Kier molecular flexibility index (Phi) is 7.87. The van der Waals surface area contributed by atoms with Gasteiger partial charge in [-0.3, -0.25) is 0 Å². The van der Waals surface area contributed by atoms with Gasteiger partial charge in [0.25, 0.3) is 0 Å². The highest BCUT2D eigenvalue weighted by Crippen LogP contribution is 2.29. The second kappa shape index (κ2) is 9.90. The molecule has 0 aliphatic heterocycles. The predicted octanol–water partition coefficient (Wildman–Crippen LogP) is 5.06. The van der Waals surface area contributed by atoms with Gasteiger partial charge >= 0.3 is 6.18 Å². The average molecular weight is 379 g/mol. The zero-order valence-corrected chi connectivity index (χ0v) is 15.8. The monoisotopic (exact) mass is 379 g/mol. The molecule has 0 saturated heterocycles. The Bertz CT molecular complexity index is 685. The van der Waals surface area contributed by atoms with E-state index in [1.807, 2.05) is 18.2 Å². The van der Waals surface area contributed by atoms with Gasteiger partial charge in [-0.1, -0.05) is 62.4 Å². The highest BCUT2D eigenvalue weighted by molar-refractivity contribution is 5.25. The van der Waals surface area contributed by atoms with E-state index >= 15 is 0 Å². The fourth-order valence-electron chi connectivity index (χ4n) is 3.29. The lowest BCUT2D eigenvalue weighted by Crippen LogP contribution is -2.34. The first-order valence-electron chi connectivity index (χ1n) is 9.34. The summed E-state index contributed by atoms with van der Waals surface area (Å²) in [5, 5.41) is 13.7. The maximum Gasteiger partial charge on any atom is 0.416 e. The van der Waals surface area contributed by atoms with Crippen LogP contribution in [0.2, 0.25) is 0 Å². The number of benzene rings is 2. The third-order valence-corrected chi connectivity index (χ3v) is 4.60. The van der Waals surface area contributed by atoms with E-state index in [4.69, 9.17) is 0 Å². The molecule has 148 valence electrons. The Morgan fingerprint density at radius 1 is 0.963 bits per heavy atom. The van der Waals surface area contributed by atoms with Gasteiger partial charge in [0.1, 0.15) is 0 Å². The molecule has 0 aromatic heterocycles. The van der Waals surface area contributed by atoms with Crippen LogP contribution in [0.1, 0.15) is 37.0 Å². The molecule has 0 radical (unpaired) electrons. The lowest BCUT2D eigenvalue weighted by Gasteiger charge is -2.25. The number of aliphatic hydroxyl groups is 1. The van der Waals surface area contributed by atoms with Gasteiger partial charge in [-0.15, -0.1) is 0 Å². The van der Waals surface area contributed by atoms with Crippen molar-refractivity contribution in [3.8, 4) is 0 Å². The average Bonchev–Trinajstić information content (AvgIpc) is 2.61. The highest BCUT2D eigenvalue weighted by Gasteiger charge is 2.30. The van der Waals surface area contributed by atoms with E-state index in [0.29, 0.717) is 24.6 Å². The molecule has 2 N–H and O–H groups in total. The van der Waals surface area contributed by atoms with Crippen molar-refractivity contribution in [2.75, 3.05) is 6.54 Å². The number of rotatable bonds is 9. The van der Waals surface area contributed by atoms with Crippen LogP contribution in [0, 0.1) is 11.8 Å². The molecule has 0 heterocycles. The Balaban J connectivity index is 1.92. The van der Waals surface area contributed by atoms with Gasteiger partial charge in [-0.05, 0) is 41.9 Å². The van der Waals surface area contributed by atoms with Crippen molar-refractivity contribution < 1.29 is 18.3 Å². The number of hydrogen-bond donors (Lipinski definition) is 2. The lowest BCUT2D eigenvalue weighted by atomic mass is 9.86. The van der Waals surface area contributed by atoms with Crippen LogP contribution in [-0.2, 0) is 19.1 Å². The van der Waals surface area contributed by atoms with Crippen LogP contribution < -0.4 is 5.32 Å². The number of aliphatic hydroxyl groups excluding tert-OH is 1. The molecule has 0 spiro atoms. The fraction of sp³-hybridized carbons (Fsp3) is 0.455. The molecule has 2 rings (SSSR count). The maximum atomic E-state index is 12.8. The standard InChI is InChI=1S/C22H28F3NO/c1-16(2)11-19(12-17-7-4-3-5-8-17)21(27)15-26-14-18-9-6-10-20(13-18)22(23,24)25/h3-10,13,16,19,21,26-27H,11-12,14-15H2,1-2H3/t19-,21-/m0/s1. The van der Waals surface area contributed by atoms with Crippen molar-refractivity contribution in [2.24, 2.45) is 11.8 Å². The number of nitrogens with one attached hydrogen (secondary N) is 1. The molecule has 0 bridgehead atoms. The first-order chi connectivity index (χ1) is 12.8. The molecule has 0 unspecified atom stereocenters. The molecule has 2 nitrogen and oxygen atoms in total. The van der Waals surface area contributed by atoms with Crippen LogP contribution in [0.25, 0.3) is 0 Å². The largest absolute Gasteiger partial charge is 0.416 e. The smallest absolute Gasteiger partial charge is 0.392 e. The molecule has 0 aliphatic rings. The molecule has 0 aliphatic carbocycles. The molecular weight excluding hydrogens is 351 g/mol. The van der Waals surface area contributed by atoms with Gasteiger partial charge < -0.3 is 10.4 Å². The van der Waals surface area contributed by atoms with Crippen LogP contribution in [0.4, 0.5) is 13.2 Å². The Morgan fingerprint density at radius 3 is 2.26 bits per heavy atom. The molecular formula is C22H28F3NO. The van der Waals surface area contributed by atoms with Crippen LogP contribution in [0.5, 0.6) is 0 Å². The summed E-state index contributed by atoms with van der Waals surface area (Å²) in [5.74, 6) is 0.554. The number of alkyl halides is 3. The van der Waals surface area contributed by atoms with E-state index in [2.05, 4.69) is 31.3 Å². The summed E-state index contributed by atoms with van der Waals surface area (Å²) in [5.41, 5.74) is 1.09. The molecule has 0 saturated carbocycles. The quantitative estimate of drug-likeness (QED) is 0.638. The van der Waals surface area contributed by atoms with E-state index in [1.54, 1.807) is 6.07 Å². The summed E-state index contributed by atoms with van der Waals surface area (Å²) >= 11 is 0. The van der Waals surface area contributed by atoms with Crippen LogP contribution in [0.3, 0.4) is 0 Å². The van der Waals surface area contributed by atoms with E-state index in [0.717, 1.165) is 25.0 Å². The van der Waals surface area contributed by atoms with Gasteiger partial charge in [-0.2, -0.15) is 13.2 Å². The minimum Gasteiger partial charge on any atom is -0.392 e. The van der Waals surface area contributed by atoms with Gasteiger partial charge in [0.2, 0.25) is 0 Å². The second-order valence-electron chi connectivity index (χ2n) is 7.48. The third kappa shape index (κ3) is 7.35. The van der Waals surface area contributed by atoms with E-state index in [1.165, 1.54) is 11.6 Å². The van der Waals surface area contributed by atoms with Crippen LogP contribution in [-0.4, -0.2) is 17.8 Å². The summed E-state index contributed by atoms with van der Waals surface area (Å²) in [6.07, 6.45) is -3.22. The number of hydrogen-bond acceptors (Lipinski definition) is 2. The molecule has 2 aromatic rings. The van der Waals surface area contributed by atoms with Gasteiger partial charge in [0.05, 0.1) is 11.7 Å². The molecule has 0 fully saturated rings. The Hall–Kier alpha value is -1.85. The second-order valence-corrected chi connectivity index (χ2v) is 7.48. The van der Waals surface area contributed by atoms with Gasteiger partial charge in [0, 0.05) is 13.1 Å². The summed E-state index contributed by atoms with van der Waals surface area (Å²) in [6.45, 7) is 4.89. The highest BCUT2D eigenvalue weighted by atomic mass is 19.4. The minimum atomic E-state index is -4.34. The van der Waals surface area contributed by atoms with Crippen LogP contribution >= 0.6 is 0 Å². The molecule has 5 heteroatoms. The van der Waals surface area contributed by atoms with Crippen molar-refractivity contribution in [2.45, 2.75) is 45.5 Å². The van der Waals surface area contributed by atoms with E-state index in [-0.39, 0.29) is 5.92 Å². The normalized spacial score (nSPS) is 14.3. The minimum absolute atomic E-state index is 0.0985. The molecule has 27 heavy (non-hydrogen) atoms. The van der Waals surface area contributed by atoms with Crippen LogP contribution in [0.15, 0.2) is 54.6 Å². The Labute approximate surface area is 159 Å². The summed E-state index contributed by atoms with van der Waals surface area (Å²) in [7, 11) is 0. The summed E-state index contributed by atoms with van der Waals surface area (Å²) < 4.78 is 38.4. The Morgan fingerprint density at radius 2 is 1.63 bits per heavy atom. The van der Waals surface area contributed by atoms with Crippen molar-refractivity contribution in [3.63, 3.8) is 0 Å². The lowest BCUT2D eigenvalue weighted by molar-refractivity contribution is -0.137. The molecule has 2 atom stereocenters. The zero-order chi connectivity index (χ0) is 19.9. The molecule has 0 amide bonds. The predicted molar refractivity (Wildman–Crippen MR) is 102 cm³/mol. The first-order valence-corrected chi connectivity index (χ1v) is 9.34. The topological polar surface area (TPSA) is 32.3 Å². The van der Waals surface area contributed by atoms with Crippen molar-refractivity contribution >= 4 is 0 Å². The van der Waals surface area contributed by atoms with Gasteiger partial charge in [-0.25, -0.2) is 0 Å². The van der Waals surface area contributed by atoms with Crippen molar-refractivity contribution in [3.05, 3.63) is 71.3 Å². The number of halogens is 3. The van der Waals surface area contributed by atoms with Crippen molar-refractivity contribution in [1.82, 2.24) is 5.32 Å². The molecule has 2 aromatic carbocycles.